The van der Waals surface area contributed by atoms with Gasteiger partial charge in [-0.1, -0.05) is 55.5 Å². The zero-order chi connectivity index (χ0) is 13.9. The van der Waals surface area contributed by atoms with Gasteiger partial charge in [0.1, 0.15) is 0 Å². The Morgan fingerprint density at radius 3 is 2.45 bits per heavy atom. The third-order valence-electron chi connectivity index (χ3n) is 3.53. The maximum atomic E-state index is 12.7. The number of rotatable bonds is 4. The Balaban J connectivity index is 2.14. The van der Waals surface area contributed by atoms with Crippen molar-refractivity contribution in [3.8, 4) is 0 Å². The van der Waals surface area contributed by atoms with E-state index in [-0.39, 0.29) is 5.78 Å². The van der Waals surface area contributed by atoms with Gasteiger partial charge in [0.2, 0.25) is 0 Å². The van der Waals surface area contributed by atoms with E-state index in [2.05, 4.69) is 17.6 Å². The van der Waals surface area contributed by atoms with Gasteiger partial charge < -0.3 is 4.57 Å². The van der Waals surface area contributed by atoms with E-state index in [0.717, 1.165) is 35.0 Å². The number of benzene rings is 2. The van der Waals surface area contributed by atoms with Crippen LogP contribution in [0.1, 0.15) is 29.3 Å². The second kappa shape index (κ2) is 5.33. The topological polar surface area (TPSA) is 22.0 Å². The fraction of sp³-hybridized carbons (Fsp3) is 0.167. The number of fused-ring (bicyclic) bond motifs is 1. The SMILES string of the molecule is CCCn1cc(C(=O)c2ccccc2)c2ccccc21. The van der Waals surface area contributed by atoms with Crippen LogP contribution in [0.4, 0.5) is 0 Å². The van der Waals surface area contributed by atoms with Gasteiger partial charge in [0.25, 0.3) is 0 Å². The Labute approximate surface area is 118 Å². The summed E-state index contributed by atoms with van der Waals surface area (Å²) < 4.78 is 2.17. The van der Waals surface area contributed by atoms with E-state index in [0.29, 0.717) is 0 Å². The molecule has 100 valence electrons. The van der Waals surface area contributed by atoms with Gasteiger partial charge in [-0.3, -0.25) is 4.79 Å². The molecule has 3 aromatic rings. The fourth-order valence-corrected chi connectivity index (χ4v) is 2.60. The minimum atomic E-state index is 0.0941. The second-order valence-corrected chi connectivity index (χ2v) is 4.95. The highest BCUT2D eigenvalue weighted by atomic mass is 16.1. The lowest BCUT2D eigenvalue weighted by molar-refractivity contribution is 0.104. The molecule has 20 heavy (non-hydrogen) atoms. The van der Waals surface area contributed by atoms with Gasteiger partial charge in [-0.25, -0.2) is 0 Å². The molecule has 0 amide bonds. The molecule has 3 rings (SSSR count). The summed E-state index contributed by atoms with van der Waals surface area (Å²) in [6.07, 6.45) is 3.04. The number of nitrogens with zero attached hydrogens (tertiary/aromatic N) is 1. The number of hydrogen-bond donors (Lipinski definition) is 0. The van der Waals surface area contributed by atoms with Crippen molar-refractivity contribution in [3.63, 3.8) is 0 Å². The zero-order valence-electron chi connectivity index (χ0n) is 11.5. The molecule has 2 heteroatoms. The molecule has 0 radical (unpaired) electrons. The third-order valence-corrected chi connectivity index (χ3v) is 3.53. The van der Waals surface area contributed by atoms with Crippen LogP contribution in [-0.2, 0) is 6.54 Å². The minimum Gasteiger partial charge on any atom is -0.347 e. The first-order valence-electron chi connectivity index (χ1n) is 6.99. The summed E-state index contributed by atoms with van der Waals surface area (Å²) in [6, 6.07) is 17.6. The standard InChI is InChI=1S/C18H17NO/c1-2-12-19-13-16(15-10-6-7-11-17(15)19)18(20)14-8-4-3-5-9-14/h3-11,13H,2,12H2,1H3. The molecule has 0 aliphatic carbocycles. The van der Waals surface area contributed by atoms with Crippen molar-refractivity contribution < 1.29 is 4.79 Å². The molecule has 1 aromatic heterocycles. The second-order valence-electron chi connectivity index (χ2n) is 4.95. The molecular weight excluding hydrogens is 246 g/mol. The Morgan fingerprint density at radius 1 is 1.00 bits per heavy atom. The minimum absolute atomic E-state index is 0.0941. The Kier molecular flexibility index (Phi) is 3.38. The summed E-state index contributed by atoms with van der Waals surface area (Å²) in [5.41, 5.74) is 2.67. The van der Waals surface area contributed by atoms with Gasteiger partial charge in [-0.05, 0) is 12.5 Å². The van der Waals surface area contributed by atoms with Crippen molar-refractivity contribution >= 4 is 16.7 Å². The monoisotopic (exact) mass is 263 g/mol. The van der Waals surface area contributed by atoms with Crippen molar-refractivity contribution in [2.24, 2.45) is 0 Å². The van der Waals surface area contributed by atoms with Crippen LogP contribution in [0.25, 0.3) is 10.9 Å². The Bertz CT molecular complexity index is 740. The molecule has 1 heterocycles. The third kappa shape index (κ3) is 2.14. The van der Waals surface area contributed by atoms with Crippen molar-refractivity contribution in [2.45, 2.75) is 19.9 Å². The van der Waals surface area contributed by atoms with Crippen LogP contribution in [0.15, 0.2) is 60.8 Å². The molecule has 0 aliphatic heterocycles. The smallest absolute Gasteiger partial charge is 0.195 e. The molecule has 0 unspecified atom stereocenters. The maximum Gasteiger partial charge on any atom is 0.195 e. The van der Waals surface area contributed by atoms with Crippen LogP contribution in [0.3, 0.4) is 0 Å². The lowest BCUT2D eigenvalue weighted by Gasteiger charge is -2.00. The van der Waals surface area contributed by atoms with E-state index in [4.69, 9.17) is 0 Å². The van der Waals surface area contributed by atoms with Crippen molar-refractivity contribution in [3.05, 3.63) is 71.9 Å². The molecule has 0 atom stereocenters. The summed E-state index contributed by atoms with van der Waals surface area (Å²) in [7, 11) is 0. The van der Waals surface area contributed by atoms with Crippen LogP contribution < -0.4 is 0 Å². The molecule has 2 aromatic carbocycles. The number of ketones is 1. The summed E-state index contributed by atoms with van der Waals surface area (Å²) in [4.78, 5) is 12.7. The van der Waals surface area contributed by atoms with E-state index in [9.17, 15) is 4.79 Å². The van der Waals surface area contributed by atoms with E-state index in [1.165, 1.54) is 0 Å². The van der Waals surface area contributed by atoms with Gasteiger partial charge in [0.05, 0.1) is 0 Å². The molecule has 0 saturated carbocycles. The number of para-hydroxylation sites is 1. The van der Waals surface area contributed by atoms with Crippen LogP contribution in [-0.4, -0.2) is 10.4 Å². The van der Waals surface area contributed by atoms with Crippen LogP contribution >= 0.6 is 0 Å². The molecule has 0 bridgehead atoms. The normalized spacial score (nSPS) is 10.8. The van der Waals surface area contributed by atoms with E-state index in [1.807, 2.05) is 54.7 Å². The maximum absolute atomic E-state index is 12.7. The first kappa shape index (κ1) is 12.7. The Hall–Kier alpha value is -2.35. The number of carbonyl (C=O) groups excluding carboxylic acids is 1. The number of aromatic nitrogens is 1. The first-order valence-corrected chi connectivity index (χ1v) is 6.99. The van der Waals surface area contributed by atoms with E-state index >= 15 is 0 Å². The predicted molar refractivity (Wildman–Crippen MR) is 82.1 cm³/mol. The highest BCUT2D eigenvalue weighted by Crippen LogP contribution is 2.24. The largest absolute Gasteiger partial charge is 0.347 e. The number of carbonyl (C=O) groups is 1. The van der Waals surface area contributed by atoms with Gasteiger partial charge in [-0.2, -0.15) is 0 Å². The van der Waals surface area contributed by atoms with Crippen LogP contribution in [0, 0.1) is 0 Å². The summed E-state index contributed by atoms with van der Waals surface area (Å²) >= 11 is 0. The molecule has 0 N–H and O–H groups in total. The average molecular weight is 263 g/mol. The van der Waals surface area contributed by atoms with Gasteiger partial charge in [-0.15, -0.1) is 0 Å². The summed E-state index contributed by atoms with van der Waals surface area (Å²) in [5.74, 6) is 0.0941. The lowest BCUT2D eigenvalue weighted by Crippen LogP contribution is -2.00. The zero-order valence-corrected chi connectivity index (χ0v) is 11.5. The van der Waals surface area contributed by atoms with Gasteiger partial charge in [0, 0.05) is 34.8 Å². The van der Waals surface area contributed by atoms with E-state index < -0.39 is 0 Å². The fourth-order valence-electron chi connectivity index (χ4n) is 2.60. The summed E-state index contributed by atoms with van der Waals surface area (Å²) in [5, 5.41) is 1.04. The van der Waals surface area contributed by atoms with Gasteiger partial charge in [0.15, 0.2) is 5.78 Å². The first-order chi connectivity index (χ1) is 9.81. The van der Waals surface area contributed by atoms with Gasteiger partial charge >= 0.3 is 0 Å². The highest BCUT2D eigenvalue weighted by molar-refractivity contribution is 6.16. The highest BCUT2D eigenvalue weighted by Gasteiger charge is 2.15. The van der Waals surface area contributed by atoms with Crippen molar-refractivity contribution in [1.82, 2.24) is 4.57 Å². The summed E-state index contributed by atoms with van der Waals surface area (Å²) in [6.45, 7) is 3.08. The molecular formula is C18H17NO. The number of hydrogen-bond acceptors (Lipinski definition) is 1. The van der Waals surface area contributed by atoms with Crippen LogP contribution in [0.5, 0.6) is 0 Å². The molecule has 0 spiro atoms. The average Bonchev–Trinajstić information content (AvgIpc) is 2.87. The van der Waals surface area contributed by atoms with Crippen molar-refractivity contribution in [1.29, 1.82) is 0 Å². The lowest BCUT2D eigenvalue weighted by atomic mass is 10.0. The predicted octanol–water partition coefficient (Wildman–Crippen LogP) is 4.28. The van der Waals surface area contributed by atoms with Crippen LogP contribution in [0.2, 0.25) is 0 Å². The molecule has 0 saturated heterocycles. The Morgan fingerprint density at radius 2 is 1.70 bits per heavy atom. The van der Waals surface area contributed by atoms with Crippen molar-refractivity contribution in [2.75, 3.05) is 0 Å². The van der Waals surface area contributed by atoms with E-state index in [1.54, 1.807) is 0 Å². The molecule has 2 nitrogen and oxygen atoms in total. The quantitative estimate of drug-likeness (QED) is 0.644. The molecule has 0 aliphatic rings. The molecule has 0 fully saturated rings. The number of aryl methyl sites for hydroxylation is 1.